The summed E-state index contributed by atoms with van der Waals surface area (Å²) in [5.74, 6) is 1.33. The fraction of sp³-hybridized carbons (Fsp3) is 0.636. The highest BCUT2D eigenvalue weighted by atomic mass is 35.5. The number of aromatic nitrogens is 2. The van der Waals surface area contributed by atoms with Crippen LogP contribution in [-0.4, -0.2) is 27.7 Å². The summed E-state index contributed by atoms with van der Waals surface area (Å²) >= 11 is 5.94. The lowest BCUT2D eigenvalue weighted by atomic mass is 10.2. The zero-order valence-electron chi connectivity index (χ0n) is 9.92. The molecule has 1 aromatic rings. The Labute approximate surface area is 101 Å². The number of nitrogens with one attached hydrogen (secondary N) is 1. The van der Waals surface area contributed by atoms with Gasteiger partial charge in [-0.25, -0.2) is 9.97 Å². The molecule has 1 heterocycles. The number of aryl methyl sites for hydroxylation is 1. The molecule has 1 unspecified atom stereocenters. The molecule has 0 aliphatic heterocycles. The molecule has 0 amide bonds. The van der Waals surface area contributed by atoms with E-state index in [1.165, 1.54) is 0 Å². The SMILES string of the molecule is CCCC(O)CNc1nc(C)nc(Cl)c1C. The van der Waals surface area contributed by atoms with Gasteiger partial charge in [0.2, 0.25) is 0 Å². The predicted molar refractivity (Wildman–Crippen MR) is 65.9 cm³/mol. The van der Waals surface area contributed by atoms with Crippen LogP contribution in [0.5, 0.6) is 0 Å². The number of halogens is 1. The summed E-state index contributed by atoms with van der Waals surface area (Å²) in [6, 6.07) is 0. The number of hydrogen-bond acceptors (Lipinski definition) is 4. The van der Waals surface area contributed by atoms with Gasteiger partial charge in [0.15, 0.2) is 0 Å². The van der Waals surface area contributed by atoms with Crippen LogP contribution in [0.1, 0.15) is 31.2 Å². The number of rotatable bonds is 5. The molecule has 4 nitrogen and oxygen atoms in total. The minimum Gasteiger partial charge on any atom is -0.391 e. The monoisotopic (exact) mass is 243 g/mol. The molecular formula is C11H18ClN3O. The van der Waals surface area contributed by atoms with E-state index in [4.69, 9.17) is 11.6 Å². The highest BCUT2D eigenvalue weighted by Crippen LogP contribution is 2.19. The van der Waals surface area contributed by atoms with Gasteiger partial charge in [0.1, 0.15) is 16.8 Å². The minimum absolute atomic E-state index is 0.349. The van der Waals surface area contributed by atoms with Crippen molar-refractivity contribution in [3.05, 3.63) is 16.5 Å². The molecule has 0 fully saturated rings. The van der Waals surface area contributed by atoms with E-state index in [0.29, 0.717) is 23.3 Å². The minimum atomic E-state index is -0.349. The Bertz CT molecular complexity index is 357. The average Bonchev–Trinajstić information content (AvgIpc) is 2.21. The summed E-state index contributed by atoms with van der Waals surface area (Å²) in [5, 5.41) is 13.2. The first-order chi connectivity index (χ1) is 7.54. The third kappa shape index (κ3) is 3.61. The Morgan fingerprint density at radius 1 is 1.38 bits per heavy atom. The molecule has 1 atom stereocenters. The van der Waals surface area contributed by atoms with E-state index in [-0.39, 0.29) is 6.10 Å². The quantitative estimate of drug-likeness (QED) is 0.780. The van der Waals surface area contributed by atoms with Crippen molar-refractivity contribution in [2.75, 3.05) is 11.9 Å². The van der Waals surface area contributed by atoms with Crippen LogP contribution in [0.2, 0.25) is 5.15 Å². The molecule has 0 saturated heterocycles. The molecule has 0 bridgehead atoms. The second-order valence-corrected chi connectivity index (χ2v) is 4.22. The number of anilines is 1. The van der Waals surface area contributed by atoms with Gasteiger partial charge in [-0.15, -0.1) is 0 Å². The predicted octanol–water partition coefficient (Wildman–Crippen LogP) is 2.32. The van der Waals surface area contributed by atoms with E-state index in [0.717, 1.165) is 18.4 Å². The fourth-order valence-electron chi connectivity index (χ4n) is 1.42. The van der Waals surface area contributed by atoms with Gasteiger partial charge >= 0.3 is 0 Å². The first kappa shape index (κ1) is 13.2. The maximum Gasteiger partial charge on any atom is 0.137 e. The van der Waals surface area contributed by atoms with Crippen molar-refractivity contribution in [2.24, 2.45) is 0 Å². The Hall–Kier alpha value is -0.870. The van der Waals surface area contributed by atoms with E-state index in [2.05, 4.69) is 15.3 Å². The highest BCUT2D eigenvalue weighted by Gasteiger charge is 2.08. The molecule has 2 N–H and O–H groups in total. The van der Waals surface area contributed by atoms with Crippen LogP contribution < -0.4 is 5.32 Å². The number of aliphatic hydroxyl groups excluding tert-OH is 1. The van der Waals surface area contributed by atoms with Crippen LogP contribution in [0, 0.1) is 13.8 Å². The van der Waals surface area contributed by atoms with Gasteiger partial charge in [0.25, 0.3) is 0 Å². The van der Waals surface area contributed by atoms with Crippen molar-refractivity contribution in [1.82, 2.24) is 9.97 Å². The Kier molecular flexibility index (Phi) is 4.96. The van der Waals surface area contributed by atoms with E-state index in [1.54, 1.807) is 6.92 Å². The molecule has 0 spiro atoms. The highest BCUT2D eigenvalue weighted by molar-refractivity contribution is 6.30. The van der Waals surface area contributed by atoms with Crippen LogP contribution in [-0.2, 0) is 0 Å². The van der Waals surface area contributed by atoms with Crippen LogP contribution in [0.4, 0.5) is 5.82 Å². The third-order valence-corrected chi connectivity index (χ3v) is 2.69. The van der Waals surface area contributed by atoms with E-state index >= 15 is 0 Å². The van der Waals surface area contributed by atoms with Gasteiger partial charge < -0.3 is 10.4 Å². The van der Waals surface area contributed by atoms with Gasteiger partial charge in [-0.3, -0.25) is 0 Å². The van der Waals surface area contributed by atoms with Crippen LogP contribution >= 0.6 is 11.6 Å². The molecule has 0 aliphatic carbocycles. The third-order valence-electron chi connectivity index (χ3n) is 2.33. The average molecular weight is 244 g/mol. The second kappa shape index (κ2) is 6.01. The summed E-state index contributed by atoms with van der Waals surface area (Å²) in [6.45, 7) is 6.18. The summed E-state index contributed by atoms with van der Waals surface area (Å²) in [7, 11) is 0. The summed E-state index contributed by atoms with van der Waals surface area (Å²) in [5.41, 5.74) is 0.816. The Balaban J connectivity index is 2.66. The molecule has 1 aromatic heterocycles. The first-order valence-corrected chi connectivity index (χ1v) is 5.85. The van der Waals surface area contributed by atoms with Crippen LogP contribution in [0.15, 0.2) is 0 Å². The van der Waals surface area contributed by atoms with E-state index in [1.807, 2.05) is 13.8 Å². The van der Waals surface area contributed by atoms with Gasteiger partial charge in [-0.05, 0) is 20.3 Å². The van der Waals surface area contributed by atoms with E-state index < -0.39 is 0 Å². The summed E-state index contributed by atoms with van der Waals surface area (Å²) in [4.78, 5) is 8.30. The van der Waals surface area contributed by atoms with Crippen molar-refractivity contribution in [1.29, 1.82) is 0 Å². The van der Waals surface area contributed by atoms with Gasteiger partial charge in [0.05, 0.1) is 6.10 Å². The fourth-order valence-corrected chi connectivity index (χ4v) is 1.63. The van der Waals surface area contributed by atoms with Crippen molar-refractivity contribution in [3.63, 3.8) is 0 Å². The standard InChI is InChI=1S/C11H18ClN3O/c1-4-5-9(16)6-13-11-7(2)10(12)14-8(3)15-11/h9,16H,4-6H2,1-3H3,(H,13,14,15). The van der Waals surface area contributed by atoms with Gasteiger partial charge in [-0.2, -0.15) is 0 Å². The second-order valence-electron chi connectivity index (χ2n) is 3.86. The lowest BCUT2D eigenvalue weighted by Gasteiger charge is -2.13. The number of aliphatic hydroxyl groups is 1. The van der Waals surface area contributed by atoms with Crippen molar-refractivity contribution >= 4 is 17.4 Å². The molecule has 0 saturated carbocycles. The van der Waals surface area contributed by atoms with Gasteiger partial charge in [0, 0.05) is 12.1 Å². The first-order valence-electron chi connectivity index (χ1n) is 5.47. The van der Waals surface area contributed by atoms with E-state index in [9.17, 15) is 5.11 Å². The lowest BCUT2D eigenvalue weighted by Crippen LogP contribution is -2.20. The molecule has 90 valence electrons. The van der Waals surface area contributed by atoms with Crippen LogP contribution in [0.3, 0.4) is 0 Å². The van der Waals surface area contributed by atoms with Crippen molar-refractivity contribution < 1.29 is 5.11 Å². The molecular weight excluding hydrogens is 226 g/mol. The Morgan fingerprint density at radius 2 is 2.06 bits per heavy atom. The molecule has 1 rings (SSSR count). The molecule has 16 heavy (non-hydrogen) atoms. The number of hydrogen-bond donors (Lipinski definition) is 2. The normalized spacial score (nSPS) is 12.6. The zero-order valence-corrected chi connectivity index (χ0v) is 10.7. The maximum absolute atomic E-state index is 9.60. The molecule has 5 heteroatoms. The largest absolute Gasteiger partial charge is 0.391 e. The smallest absolute Gasteiger partial charge is 0.137 e. The topological polar surface area (TPSA) is 58.0 Å². The van der Waals surface area contributed by atoms with Gasteiger partial charge in [-0.1, -0.05) is 24.9 Å². The Morgan fingerprint density at radius 3 is 2.69 bits per heavy atom. The zero-order chi connectivity index (χ0) is 12.1. The van der Waals surface area contributed by atoms with Crippen molar-refractivity contribution in [2.45, 2.75) is 39.7 Å². The molecule has 0 radical (unpaired) electrons. The summed E-state index contributed by atoms with van der Waals surface area (Å²) in [6.07, 6.45) is 1.40. The van der Waals surface area contributed by atoms with Crippen molar-refractivity contribution in [3.8, 4) is 0 Å². The summed E-state index contributed by atoms with van der Waals surface area (Å²) < 4.78 is 0. The van der Waals surface area contributed by atoms with Crippen LogP contribution in [0.25, 0.3) is 0 Å². The number of nitrogens with zero attached hydrogens (tertiary/aromatic N) is 2. The molecule has 0 aliphatic rings. The maximum atomic E-state index is 9.60. The lowest BCUT2D eigenvalue weighted by molar-refractivity contribution is 0.176. The molecule has 0 aromatic carbocycles.